The molecule has 0 aliphatic rings. The molecule has 146 valence electrons. The predicted molar refractivity (Wildman–Crippen MR) is 109 cm³/mol. The molecule has 7 heteroatoms. The standard InChI is InChI=1S/C22H20N4O3/c1-2-28-19(27)12-18-25-21(24-13-16-10-6-7-11-23-16)20-17(14-29-22(20)26-18)15-8-4-3-5-9-15/h3-11,14H,2,12-13H2,1H3,(H,24,25,26). The summed E-state index contributed by atoms with van der Waals surface area (Å²) in [7, 11) is 0. The van der Waals surface area contributed by atoms with Gasteiger partial charge in [0.25, 0.3) is 0 Å². The van der Waals surface area contributed by atoms with Gasteiger partial charge in [-0.3, -0.25) is 9.78 Å². The van der Waals surface area contributed by atoms with Gasteiger partial charge in [-0.15, -0.1) is 0 Å². The van der Waals surface area contributed by atoms with Crippen LogP contribution in [0.2, 0.25) is 0 Å². The van der Waals surface area contributed by atoms with E-state index in [9.17, 15) is 4.79 Å². The summed E-state index contributed by atoms with van der Waals surface area (Å²) in [6.07, 6.45) is 3.38. The van der Waals surface area contributed by atoms with Gasteiger partial charge in [0.1, 0.15) is 24.3 Å². The van der Waals surface area contributed by atoms with Crippen LogP contribution in [0.25, 0.3) is 22.2 Å². The Bertz CT molecular complexity index is 1110. The zero-order chi connectivity index (χ0) is 20.1. The molecule has 0 atom stereocenters. The van der Waals surface area contributed by atoms with E-state index in [4.69, 9.17) is 9.15 Å². The minimum atomic E-state index is -0.377. The van der Waals surface area contributed by atoms with Crippen LogP contribution in [0.1, 0.15) is 18.4 Å². The normalized spacial score (nSPS) is 10.8. The van der Waals surface area contributed by atoms with E-state index in [1.807, 2.05) is 48.5 Å². The SMILES string of the molecule is CCOC(=O)Cc1nc(NCc2ccccn2)c2c(-c3ccccc3)coc2n1. The van der Waals surface area contributed by atoms with E-state index in [0.29, 0.717) is 30.5 Å². The molecule has 4 rings (SSSR count). The van der Waals surface area contributed by atoms with Crippen LogP contribution in [0.5, 0.6) is 0 Å². The smallest absolute Gasteiger partial charge is 0.313 e. The number of furan rings is 1. The van der Waals surface area contributed by atoms with Gasteiger partial charge >= 0.3 is 5.97 Å². The van der Waals surface area contributed by atoms with E-state index in [1.165, 1.54) is 0 Å². The highest BCUT2D eigenvalue weighted by Crippen LogP contribution is 2.34. The average Bonchev–Trinajstić information content (AvgIpc) is 3.18. The molecule has 0 aliphatic carbocycles. The van der Waals surface area contributed by atoms with Crippen molar-refractivity contribution in [3.63, 3.8) is 0 Å². The lowest BCUT2D eigenvalue weighted by Gasteiger charge is -2.09. The first kappa shape index (κ1) is 18.6. The molecule has 0 saturated carbocycles. The van der Waals surface area contributed by atoms with Gasteiger partial charge in [0.15, 0.2) is 0 Å². The number of aromatic nitrogens is 3. The van der Waals surface area contributed by atoms with Crippen LogP contribution in [0, 0.1) is 0 Å². The molecule has 7 nitrogen and oxygen atoms in total. The molecule has 0 spiro atoms. The molecule has 0 saturated heterocycles. The lowest BCUT2D eigenvalue weighted by atomic mass is 10.1. The Morgan fingerprint density at radius 3 is 2.69 bits per heavy atom. The topological polar surface area (TPSA) is 90.1 Å². The zero-order valence-electron chi connectivity index (χ0n) is 16.0. The van der Waals surface area contributed by atoms with Gasteiger partial charge in [0, 0.05) is 11.8 Å². The molecule has 0 aliphatic heterocycles. The molecule has 0 unspecified atom stereocenters. The van der Waals surface area contributed by atoms with Crippen LogP contribution in [-0.2, 0) is 22.5 Å². The summed E-state index contributed by atoms with van der Waals surface area (Å²) in [5.74, 6) is 0.554. The molecule has 1 N–H and O–H groups in total. The lowest BCUT2D eigenvalue weighted by molar-refractivity contribution is -0.142. The van der Waals surface area contributed by atoms with Crippen molar-refractivity contribution >= 4 is 22.9 Å². The monoisotopic (exact) mass is 388 g/mol. The number of fused-ring (bicyclic) bond motifs is 1. The number of benzene rings is 1. The second-order valence-electron chi connectivity index (χ2n) is 6.34. The quantitative estimate of drug-likeness (QED) is 0.479. The number of pyridine rings is 1. The van der Waals surface area contributed by atoms with E-state index >= 15 is 0 Å². The summed E-state index contributed by atoms with van der Waals surface area (Å²) < 4.78 is 10.7. The number of hydrogen-bond acceptors (Lipinski definition) is 7. The molecule has 0 amide bonds. The van der Waals surface area contributed by atoms with Crippen molar-refractivity contribution < 1.29 is 13.9 Å². The lowest BCUT2D eigenvalue weighted by Crippen LogP contribution is -2.12. The number of nitrogens with one attached hydrogen (secondary N) is 1. The van der Waals surface area contributed by atoms with Crippen molar-refractivity contribution in [3.8, 4) is 11.1 Å². The summed E-state index contributed by atoms with van der Waals surface area (Å²) in [6, 6.07) is 15.6. The molecule has 0 fully saturated rings. The van der Waals surface area contributed by atoms with Gasteiger partial charge in [0.05, 0.1) is 24.2 Å². The third-order valence-electron chi connectivity index (χ3n) is 4.34. The maximum absolute atomic E-state index is 11.9. The summed E-state index contributed by atoms with van der Waals surface area (Å²) in [6.45, 7) is 2.55. The molecule has 29 heavy (non-hydrogen) atoms. The summed E-state index contributed by atoms with van der Waals surface area (Å²) >= 11 is 0. The van der Waals surface area contributed by atoms with Crippen LogP contribution in [-0.4, -0.2) is 27.5 Å². The minimum absolute atomic E-state index is 0.0244. The molecule has 1 aromatic carbocycles. The predicted octanol–water partition coefficient (Wildman–Crippen LogP) is 4.00. The van der Waals surface area contributed by atoms with Crippen molar-refractivity contribution in [2.75, 3.05) is 11.9 Å². The van der Waals surface area contributed by atoms with Crippen LogP contribution >= 0.6 is 0 Å². The summed E-state index contributed by atoms with van der Waals surface area (Å²) in [5, 5.41) is 4.08. The Morgan fingerprint density at radius 2 is 1.93 bits per heavy atom. The third-order valence-corrected chi connectivity index (χ3v) is 4.34. The van der Waals surface area contributed by atoms with Gasteiger partial charge in [-0.05, 0) is 24.6 Å². The fourth-order valence-electron chi connectivity index (χ4n) is 3.04. The van der Waals surface area contributed by atoms with Crippen molar-refractivity contribution in [3.05, 3.63) is 72.5 Å². The summed E-state index contributed by atoms with van der Waals surface area (Å²) in [5.41, 5.74) is 3.17. The van der Waals surface area contributed by atoms with E-state index in [2.05, 4.69) is 20.3 Å². The number of anilines is 1. The minimum Gasteiger partial charge on any atom is -0.466 e. The Hall–Kier alpha value is -3.74. The van der Waals surface area contributed by atoms with Crippen LogP contribution in [0.3, 0.4) is 0 Å². The molecule has 0 bridgehead atoms. The molecule has 4 aromatic rings. The molecule has 3 heterocycles. The number of rotatable bonds is 7. The fraction of sp³-hybridized carbons (Fsp3) is 0.182. The third kappa shape index (κ3) is 4.24. The Balaban J connectivity index is 1.74. The molecular weight excluding hydrogens is 368 g/mol. The maximum atomic E-state index is 11.9. The first-order chi connectivity index (χ1) is 14.2. The first-order valence-corrected chi connectivity index (χ1v) is 9.37. The van der Waals surface area contributed by atoms with Crippen LogP contribution in [0.4, 0.5) is 5.82 Å². The Morgan fingerprint density at radius 1 is 1.10 bits per heavy atom. The van der Waals surface area contributed by atoms with Crippen molar-refractivity contribution in [1.82, 2.24) is 15.0 Å². The van der Waals surface area contributed by atoms with Gasteiger partial charge < -0.3 is 14.5 Å². The van der Waals surface area contributed by atoms with E-state index in [0.717, 1.165) is 22.2 Å². The highest BCUT2D eigenvalue weighted by atomic mass is 16.5. The van der Waals surface area contributed by atoms with Crippen LogP contribution in [0.15, 0.2) is 65.4 Å². The maximum Gasteiger partial charge on any atom is 0.313 e. The number of esters is 1. The highest BCUT2D eigenvalue weighted by molar-refractivity contribution is 5.99. The largest absolute Gasteiger partial charge is 0.466 e. The second kappa shape index (κ2) is 8.52. The average molecular weight is 388 g/mol. The number of carbonyl (C=O) groups is 1. The van der Waals surface area contributed by atoms with Gasteiger partial charge in [-0.1, -0.05) is 36.4 Å². The number of carbonyl (C=O) groups excluding carboxylic acids is 1. The zero-order valence-corrected chi connectivity index (χ0v) is 16.0. The molecule has 3 aromatic heterocycles. The second-order valence-corrected chi connectivity index (χ2v) is 6.34. The highest BCUT2D eigenvalue weighted by Gasteiger charge is 2.18. The fourth-order valence-corrected chi connectivity index (χ4v) is 3.04. The van der Waals surface area contributed by atoms with Gasteiger partial charge in [-0.25, -0.2) is 4.98 Å². The van der Waals surface area contributed by atoms with Crippen molar-refractivity contribution in [2.24, 2.45) is 0 Å². The van der Waals surface area contributed by atoms with Gasteiger partial charge in [-0.2, -0.15) is 4.98 Å². The number of nitrogens with zero attached hydrogens (tertiary/aromatic N) is 3. The molecule has 0 radical (unpaired) electrons. The van der Waals surface area contributed by atoms with E-state index in [1.54, 1.807) is 19.4 Å². The Kier molecular flexibility index (Phi) is 5.47. The first-order valence-electron chi connectivity index (χ1n) is 9.37. The van der Waals surface area contributed by atoms with E-state index < -0.39 is 0 Å². The van der Waals surface area contributed by atoms with E-state index in [-0.39, 0.29) is 12.4 Å². The van der Waals surface area contributed by atoms with Gasteiger partial charge in [0.2, 0.25) is 5.71 Å². The number of hydrogen-bond donors (Lipinski definition) is 1. The Labute approximate surface area is 167 Å². The van der Waals surface area contributed by atoms with Crippen LogP contribution < -0.4 is 5.32 Å². The van der Waals surface area contributed by atoms with Crippen molar-refractivity contribution in [1.29, 1.82) is 0 Å². The summed E-state index contributed by atoms with van der Waals surface area (Å²) in [4.78, 5) is 25.2. The molecular formula is C22H20N4O3. The number of ether oxygens (including phenoxy) is 1. The van der Waals surface area contributed by atoms with Crippen molar-refractivity contribution in [2.45, 2.75) is 19.9 Å².